The van der Waals surface area contributed by atoms with Gasteiger partial charge in [-0.3, -0.25) is 9.59 Å². The van der Waals surface area contributed by atoms with Crippen molar-refractivity contribution < 1.29 is 14.3 Å². The van der Waals surface area contributed by atoms with Crippen molar-refractivity contribution in [1.82, 2.24) is 10.6 Å². The molecule has 0 saturated carbocycles. The van der Waals surface area contributed by atoms with E-state index in [1.807, 2.05) is 6.08 Å². The van der Waals surface area contributed by atoms with Crippen LogP contribution in [0.15, 0.2) is 24.3 Å². The predicted octanol–water partition coefficient (Wildman–Crippen LogP) is 1.39. The largest absolute Gasteiger partial charge is 0.371 e. The summed E-state index contributed by atoms with van der Waals surface area (Å²) >= 11 is 0. The first-order valence-corrected chi connectivity index (χ1v) is 8.01. The first-order valence-electron chi connectivity index (χ1n) is 8.01. The third-order valence-corrected chi connectivity index (χ3v) is 3.41. The van der Waals surface area contributed by atoms with Crippen LogP contribution in [0.2, 0.25) is 0 Å². The number of hydrogen-bond acceptors (Lipinski definition) is 5. The molecular formula is C17H28N2O3. The summed E-state index contributed by atoms with van der Waals surface area (Å²) in [6.07, 6.45) is 10.8. The number of rotatable bonds is 4. The highest BCUT2D eigenvalue weighted by Crippen LogP contribution is 2.07. The van der Waals surface area contributed by atoms with E-state index in [1.165, 1.54) is 26.2 Å². The molecule has 2 rings (SSSR count). The molecule has 0 spiro atoms. The zero-order valence-electron chi connectivity index (χ0n) is 13.6. The lowest BCUT2D eigenvalue weighted by atomic mass is 10.0. The number of carbonyl (C=O) groups is 2. The molecule has 0 radical (unpaired) electrons. The van der Waals surface area contributed by atoms with E-state index in [0.29, 0.717) is 6.04 Å². The number of nitrogens with one attached hydrogen (secondary N) is 2. The molecule has 2 atom stereocenters. The number of ether oxygens (including phenoxy) is 1. The Kier molecular flexibility index (Phi) is 9.62. The second kappa shape index (κ2) is 11.3. The molecular weight excluding hydrogens is 280 g/mol. The van der Waals surface area contributed by atoms with Gasteiger partial charge in [0.25, 0.3) is 0 Å². The normalized spacial score (nSPS) is 25.7. The molecule has 0 aromatic carbocycles. The number of hydrogen-bond donors (Lipinski definition) is 2. The summed E-state index contributed by atoms with van der Waals surface area (Å²) < 4.78 is 5.33. The Bertz CT molecular complexity index is 355. The van der Waals surface area contributed by atoms with Gasteiger partial charge in [-0.2, -0.15) is 0 Å². The molecule has 0 amide bonds. The molecule has 5 heteroatoms. The van der Waals surface area contributed by atoms with Crippen LogP contribution in [0, 0.1) is 0 Å². The van der Waals surface area contributed by atoms with Crippen molar-refractivity contribution in [2.24, 2.45) is 0 Å². The topological polar surface area (TPSA) is 67.4 Å². The summed E-state index contributed by atoms with van der Waals surface area (Å²) in [5.41, 5.74) is 0. The number of carbonyl (C=O) groups excluding carboxylic acids is 2. The minimum atomic E-state index is 0.0687. The third-order valence-electron chi connectivity index (χ3n) is 3.41. The Morgan fingerprint density at radius 3 is 2.32 bits per heavy atom. The Morgan fingerprint density at radius 2 is 1.77 bits per heavy atom. The molecule has 0 aliphatic carbocycles. The van der Waals surface area contributed by atoms with Crippen LogP contribution < -0.4 is 10.6 Å². The van der Waals surface area contributed by atoms with Gasteiger partial charge in [-0.05, 0) is 45.4 Å². The highest BCUT2D eigenvalue weighted by atomic mass is 16.5. The number of piperidine rings is 1. The van der Waals surface area contributed by atoms with Crippen LogP contribution in [0.3, 0.4) is 0 Å². The van der Waals surface area contributed by atoms with Gasteiger partial charge in [-0.1, -0.05) is 18.6 Å². The van der Waals surface area contributed by atoms with E-state index >= 15 is 0 Å². The van der Waals surface area contributed by atoms with Crippen LogP contribution in [0.5, 0.6) is 0 Å². The van der Waals surface area contributed by atoms with E-state index in [-0.39, 0.29) is 17.7 Å². The van der Waals surface area contributed by atoms with E-state index in [9.17, 15) is 9.59 Å². The lowest BCUT2D eigenvalue weighted by Crippen LogP contribution is -2.37. The lowest BCUT2D eigenvalue weighted by Gasteiger charge is -2.20. The molecule has 124 valence electrons. The molecule has 22 heavy (non-hydrogen) atoms. The molecule has 5 nitrogen and oxygen atoms in total. The molecule has 2 aliphatic heterocycles. The van der Waals surface area contributed by atoms with Crippen molar-refractivity contribution in [3.8, 4) is 0 Å². The molecule has 2 heterocycles. The zero-order valence-corrected chi connectivity index (χ0v) is 13.6. The smallest absolute Gasteiger partial charge is 0.152 e. The second-order valence-electron chi connectivity index (χ2n) is 5.61. The quantitative estimate of drug-likeness (QED) is 0.768. The highest BCUT2D eigenvalue weighted by Gasteiger charge is 2.09. The zero-order chi connectivity index (χ0) is 16.2. The predicted molar refractivity (Wildman–Crippen MR) is 87.9 cm³/mol. The number of morpholine rings is 1. The molecule has 0 aromatic rings. The fourth-order valence-corrected chi connectivity index (χ4v) is 2.25. The van der Waals surface area contributed by atoms with Gasteiger partial charge in [0.1, 0.15) is 0 Å². The van der Waals surface area contributed by atoms with Gasteiger partial charge in [0.15, 0.2) is 11.6 Å². The molecule has 2 aliphatic rings. The van der Waals surface area contributed by atoms with Crippen LogP contribution in [-0.4, -0.2) is 50.0 Å². The molecule has 2 unspecified atom stereocenters. The highest BCUT2D eigenvalue weighted by molar-refractivity contribution is 5.87. The van der Waals surface area contributed by atoms with Crippen molar-refractivity contribution in [1.29, 1.82) is 0 Å². The van der Waals surface area contributed by atoms with Crippen LogP contribution in [0.1, 0.15) is 33.1 Å². The van der Waals surface area contributed by atoms with Gasteiger partial charge in [-0.25, -0.2) is 0 Å². The maximum Gasteiger partial charge on any atom is 0.152 e. The number of allylic oxidation sites excluding steroid dienone is 2. The summed E-state index contributed by atoms with van der Waals surface area (Å²) in [4.78, 5) is 21.1. The molecule has 0 bridgehead atoms. The Hall–Kier alpha value is -1.30. The maximum atomic E-state index is 10.6. The number of ketones is 2. The fourth-order valence-electron chi connectivity index (χ4n) is 2.25. The van der Waals surface area contributed by atoms with E-state index in [4.69, 9.17) is 4.74 Å². The second-order valence-corrected chi connectivity index (χ2v) is 5.61. The van der Waals surface area contributed by atoms with Crippen LogP contribution in [-0.2, 0) is 14.3 Å². The Labute approximate surface area is 133 Å². The summed E-state index contributed by atoms with van der Waals surface area (Å²) in [6.45, 7) is 6.65. The molecule has 0 aromatic heterocycles. The van der Waals surface area contributed by atoms with Gasteiger partial charge in [0, 0.05) is 19.1 Å². The minimum absolute atomic E-state index is 0.0687. The van der Waals surface area contributed by atoms with E-state index in [0.717, 1.165) is 26.2 Å². The summed E-state index contributed by atoms with van der Waals surface area (Å²) in [6, 6.07) is 0.438. The van der Waals surface area contributed by atoms with Crippen molar-refractivity contribution in [2.45, 2.75) is 45.3 Å². The van der Waals surface area contributed by atoms with Gasteiger partial charge in [-0.15, -0.1) is 0 Å². The SMILES string of the molecule is CC(=O)/C=C/C1CCCCN1.CC(=O)/C=C/C1CNCCO1. The minimum Gasteiger partial charge on any atom is -0.371 e. The van der Waals surface area contributed by atoms with E-state index in [1.54, 1.807) is 25.2 Å². The van der Waals surface area contributed by atoms with Gasteiger partial charge in [0.2, 0.25) is 0 Å². The average molecular weight is 308 g/mol. The van der Waals surface area contributed by atoms with Crippen molar-refractivity contribution in [3.63, 3.8) is 0 Å². The summed E-state index contributed by atoms with van der Waals surface area (Å²) in [5.74, 6) is 0.205. The van der Waals surface area contributed by atoms with E-state index in [2.05, 4.69) is 10.6 Å². The van der Waals surface area contributed by atoms with Crippen molar-refractivity contribution in [3.05, 3.63) is 24.3 Å². The van der Waals surface area contributed by atoms with Gasteiger partial charge in [0.05, 0.1) is 12.7 Å². The van der Waals surface area contributed by atoms with Gasteiger partial charge >= 0.3 is 0 Å². The Morgan fingerprint density at radius 1 is 1.05 bits per heavy atom. The first-order chi connectivity index (χ1) is 10.6. The molecule has 2 N–H and O–H groups in total. The fraction of sp³-hybridized carbons (Fsp3) is 0.647. The van der Waals surface area contributed by atoms with E-state index < -0.39 is 0 Å². The molecule has 2 fully saturated rings. The van der Waals surface area contributed by atoms with Crippen LogP contribution >= 0.6 is 0 Å². The summed E-state index contributed by atoms with van der Waals surface area (Å²) in [5, 5.41) is 6.51. The standard InChI is InChI=1S/C9H15NO.C8H13NO2/c1-8(11)5-6-9-4-2-3-7-10-9;1-7(10)2-3-8-6-9-4-5-11-8/h5-6,9-10H,2-4,7H2,1H3;2-3,8-9H,4-6H2,1H3/b6-5+;3-2+. The van der Waals surface area contributed by atoms with Crippen LogP contribution in [0.4, 0.5) is 0 Å². The molecule has 2 saturated heterocycles. The van der Waals surface area contributed by atoms with Gasteiger partial charge < -0.3 is 15.4 Å². The average Bonchev–Trinajstić information content (AvgIpc) is 2.53. The lowest BCUT2D eigenvalue weighted by molar-refractivity contribution is -0.113. The Balaban J connectivity index is 0.000000220. The summed E-state index contributed by atoms with van der Waals surface area (Å²) in [7, 11) is 0. The third kappa shape index (κ3) is 9.60. The van der Waals surface area contributed by atoms with Crippen LogP contribution in [0.25, 0.3) is 0 Å². The maximum absolute atomic E-state index is 10.6. The van der Waals surface area contributed by atoms with Crippen molar-refractivity contribution >= 4 is 11.6 Å². The first kappa shape index (κ1) is 18.7. The van der Waals surface area contributed by atoms with Crippen molar-refractivity contribution in [2.75, 3.05) is 26.2 Å². The monoisotopic (exact) mass is 308 g/mol.